The summed E-state index contributed by atoms with van der Waals surface area (Å²) in [5.41, 5.74) is 3.23. The Morgan fingerprint density at radius 3 is 2.88 bits per heavy atom. The van der Waals surface area contributed by atoms with Crippen LogP contribution in [0, 0.1) is 18.3 Å². The van der Waals surface area contributed by atoms with Gasteiger partial charge in [-0.25, -0.2) is 0 Å². The van der Waals surface area contributed by atoms with Crippen LogP contribution in [0.4, 0.5) is 0 Å². The number of hydrogen-bond donors (Lipinski definition) is 1. The van der Waals surface area contributed by atoms with Crippen LogP contribution in [0.2, 0.25) is 5.02 Å². The molecule has 1 aromatic heterocycles. The lowest BCUT2D eigenvalue weighted by Crippen LogP contribution is -1.85. The Hall–Kier alpha value is -1.66. The molecule has 2 rings (SSSR count). The molecule has 0 radical (unpaired) electrons. The number of benzene rings is 1. The Kier molecular flexibility index (Phi) is 3.26. The maximum atomic E-state index is 8.61. The first kappa shape index (κ1) is 11.8. The second-order valence-corrected chi connectivity index (χ2v) is 4.33. The minimum Gasteiger partial charge on any atom is -0.495 e. The fourth-order valence-electron chi connectivity index (χ4n) is 1.97. The molecule has 0 saturated heterocycles. The van der Waals surface area contributed by atoms with Crippen LogP contribution in [0.1, 0.15) is 17.7 Å². The molecule has 4 heteroatoms. The van der Waals surface area contributed by atoms with Gasteiger partial charge in [-0.1, -0.05) is 11.6 Å². The van der Waals surface area contributed by atoms with Crippen LogP contribution in [-0.4, -0.2) is 12.1 Å². The van der Waals surface area contributed by atoms with Crippen LogP contribution in [0.5, 0.6) is 5.75 Å². The summed E-state index contributed by atoms with van der Waals surface area (Å²) in [6.07, 6.45) is 1.25. The van der Waals surface area contributed by atoms with Gasteiger partial charge in [0.2, 0.25) is 0 Å². The standard InChI is InChI=1S/C13H13ClN2O/c1-8-9-6-13(17-2)10(14)7-12(9)16-11(8)4-3-5-15/h6-7,16H,3-4H2,1-2H3. The van der Waals surface area contributed by atoms with E-state index in [4.69, 9.17) is 21.6 Å². The quantitative estimate of drug-likeness (QED) is 0.902. The second-order valence-electron chi connectivity index (χ2n) is 3.92. The molecule has 1 N–H and O–H groups in total. The molecule has 0 amide bonds. The third kappa shape index (κ3) is 2.09. The van der Waals surface area contributed by atoms with E-state index >= 15 is 0 Å². The number of hydrogen-bond acceptors (Lipinski definition) is 2. The van der Waals surface area contributed by atoms with Crippen molar-refractivity contribution in [3.8, 4) is 11.8 Å². The summed E-state index contributed by atoms with van der Waals surface area (Å²) in [4.78, 5) is 3.30. The third-order valence-electron chi connectivity index (χ3n) is 2.92. The van der Waals surface area contributed by atoms with Gasteiger partial charge in [0.15, 0.2) is 0 Å². The van der Waals surface area contributed by atoms with Gasteiger partial charge in [-0.2, -0.15) is 5.26 Å². The van der Waals surface area contributed by atoms with E-state index in [1.54, 1.807) is 7.11 Å². The van der Waals surface area contributed by atoms with Gasteiger partial charge in [0.05, 0.1) is 18.2 Å². The van der Waals surface area contributed by atoms with Gasteiger partial charge in [0.25, 0.3) is 0 Å². The monoisotopic (exact) mass is 248 g/mol. The fourth-order valence-corrected chi connectivity index (χ4v) is 2.21. The van der Waals surface area contributed by atoms with Gasteiger partial charge >= 0.3 is 0 Å². The predicted molar refractivity (Wildman–Crippen MR) is 68.5 cm³/mol. The van der Waals surface area contributed by atoms with E-state index in [0.29, 0.717) is 17.2 Å². The SMILES string of the molecule is COc1cc2c(C)c(CCC#N)[nH]c2cc1Cl. The van der Waals surface area contributed by atoms with Crippen LogP contribution in [0.3, 0.4) is 0 Å². The highest BCUT2D eigenvalue weighted by Crippen LogP contribution is 2.32. The van der Waals surface area contributed by atoms with Gasteiger partial charge in [-0.05, 0) is 24.6 Å². The summed E-state index contributed by atoms with van der Waals surface area (Å²) in [6, 6.07) is 5.94. The third-order valence-corrected chi connectivity index (χ3v) is 3.22. The first-order chi connectivity index (χ1) is 8.17. The highest BCUT2D eigenvalue weighted by atomic mass is 35.5. The Balaban J connectivity index is 2.54. The van der Waals surface area contributed by atoms with E-state index in [1.165, 1.54) is 0 Å². The Morgan fingerprint density at radius 2 is 2.24 bits per heavy atom. The molecular formula is C13H13ClN2O. The lowest BCUT2D eigenvalue weighted by molar-refractivity contribution is 0.415. The van der Waals surface area contributed by atoms with E-state index < -0.39 is 0 Å². The summed E-state index contributed by atoms with van der Waals surface area (Å²) in [7, 11) is 1.60. The molecule has 0 aliphatic carbocycles. The molecule has 0 atom stereocenters. The number of nitrogens with one attached hydrogen (secondary N) is 1. The number of aryl methyl sites for hydroxylation is 2. The van der Waals surface area contributed by atoms with Crippen LogP contribution < -0.4 is 4.74 Å². The molecule has 0 aliphatic rings. The molecule has 2 aromatic rings. The lowest BCUT2D eigenvalue weighted by Gasteiger charge is -2.02. The first-order valence-corrected chi connectivity index (χ1v) is 5.76. The van der Waals surface area contributed by atoms with Crippen molar-refractivity contribution < 1.29 is 4.74 Å². The van der Waals surface area contributed by atoms with E-state index in [0.717, 1.165) is 28.6 Å². The average molecular weight is 249 g/mol. The number of aromatic nitrogens is 1. The number of ether oxygens (including phenoxy) is 1. The summed E-state index contributed by atoms with van der Waals surface area (Å²) < 4.78 is 5.20. The Labute approximate surface area is 105 Å². The number of H-pyrrole nitrogens is 1. The highest BCUT2D eigenvalue weighted by Gasteiger charge is 2.10. The molecule has 0 fully saturated rings. The van der Waals surface area contributed by atoms with Crippen molar-refractivity contribution in [1.82, 2.24) is 4.98 Å². The number of rotatable bonds is 3. The van der Waals surface area contributed by atoms with Crippen molar-refractivity contribution in [2.24, 2.45) is 0 Å². The fraction of sp³-hybridized carbons (Fsp3) is 0.308. The Morgan fingerprint density at radius 1 is 1.47 bits per heavy atom. The molecule has 0 spiro atoms. The van der Waals surface area contributed by atoms with Crippen LogP contribution >= 0.6 is 11.6 Å². The second kappa shape index (κ2) is 4.68. The maximum absolute atomic E-state index is 8.61. The van der Waals surface area contributed by atoms with Gasteiger partial charge in [-0.15, -0.1) is 0 Å². The van der Waals surface area contributed by atoms with E-state index in [2.05, 4.69) is 11.1 Å². The highest BCUT2D eigenvalue weighted by molar-refractivity contribution is 6.32. The largest absolute Gasteiger partial charge is 0.495 e. The van der Waals surface area contributed by atoms with Crippen LogP contribution in [-0.2, 0) is 6.42 Å². The van der Waals surface area contributed by atoms with Gasteiger partial charge < -0.3 is 9.72 Å². The van der Waals surface area contributed by atoms with Gasteiger partial charge in [0, 0.05) is 29.4 Å². The number of halogens is 1. The van der Waals surface area contributed by atoms with Crippen LogP contribution in [0.15, 0.2) is 12.1 Å². The molecule has 17 heavy (non-hydrogen) atoms. The molecular weight excluding hydrogens is 236 g/mol. The predicted octanol–water partition coefficient (Wildman–Crippen LogP) is 3.59. The number of methoxy groups -OCH3 is 1. The summed E-state index contributed by atoms with van der Waals surface area (Å²) >= 11 is 6.07. The topological polar surface area (TPSA) is 48.8 Å². The molecule has 0 aliphatic heterocycles. The minimum absolute atomic E-state index is 0.512. The summed E-state index contributed by atoms with van der Waals surface area (Å²) in [5, 5.41) is 10.3. The van der Waals surface area contributed by atoms with Crippen molar-refractivity contribution in [3.63, 3.8) is 0 Å². The smallest absolute Gasteiger partial charge is 0.138 e. The molecule has 3 nitrogen and oxygen atoms in total. The zero-order valence-corrected chi connectivity index (χ0v) is 10.6. The zero-order chi connectivity index (χ0) is 12.4. The van der Waals surface area contributed by atoms with Gasteiger partial charge in [0.1, 0.15) is 5.75 Å². The normalized spacial score (nSPS) is 10.5. The van der Waals surface area contributed by atoms with Crippen molar-refractivity contribution in [2.45, 2.75) is 19.8 Å². The lowest BCUT2D eigenvalue weighted by atomic mass is 10.1. The summed E-state index contributed by atoms with van der Waals surface area (Å²) in [6.45, 7) is 2.04. The maximum Gasteiger partial charge on any atom is 0.138 e. The van der Waals surface area contributed by atoms with Crippen LogP contribution in [0.25, 0.3) is 10.9 Å². The average Bonchev–Trinajstić information content (AvgIpc) is 2.62. The number of aromatic amines is 1. The Bertz CT molecular complexity index is 595. The summed E-state index contributed by atoms with van der Waals surface area (Å²) in [5.74, 6) is 0.674. The zero-order valence-electron chi connectivity index (χ0n) is 9.80. The van der Waals surface area contributed by atoms with Crippen molar-refractivity contribution in [2.75, 3.05) is 7.11 Å². The van der Waals surface area contributed by atoms with E-state index in [-0.39, 0.29) is 0 Å². The van der Waals surface area contributed by atoms with Gasteiger partial charge in [-0.3, -0.25) is 0 Å². The molecule has 0 unspecified atom stereocenters. The molecule has 0 bridgehead atoms. The van der Waals surface area contributed by atoms with Crippen molar-refractivity contribution >= 4 is 22.5 Å². The number of nitriles is 1. The number of fused-ring (bicyclic) bond motifs is 1. The molecule has 1 aromatic carbocycles. The first-order valence-electron chi connectivity index (χ1n) is 5.39. The molecule has 88 valence electrons. The van der Waals surface area contributed by atoms with E-state index in [1.807, 2.05) is 19.1 Å². The molecule has 1 heterocycles. The molecule has 0 saturated carbocycles. The van der Waals surface area contributed by atoms with Crippen molar-refractivity contribution in [1.29, 1.82) is 5.26 Å². The minimum atomic E-state index is 0.512. The van der Waals surface area contributed by atoms with Crippen molar-refractivity contribution in [3.05, 3.63) is 28.4 Å². The number of nitrogens with zero attached hydrogens (tertiary/aromatic N) is 1. The van der Waals surface area contributed by atoms with E-state index in [9.17, 15) is 0 Å².